The molecule has 1 atom stereocenters. The van der Waals surface area contributed by atoms with Crippen LogP contribution < -0.4 is 4.74 Å². The number of carbonyl (C=O) groups excluding carboxylic acids is 2. The molecule has 0 N–H and O–H groups in total. The Balaban J connectivity index is 1.44. The number of piperidine rings is 1. The Labute approximate surface area is 159 Å². The second kappa shape index (κ2) is 6.80. The van der Waals surface area contributed by atoms with Gasteiger partial charge in [-0.2, -0.15) is 0 Å². The smallest absolute Gasteiger partial charge is 0.260 e. The minimum Gasteiger partial charge on any atom is -0.497 e. The number of hydrogen-bond donors (Lipinski definition) is 0. The van der Waals surface area contributed by atoms with Gasteiger partial charge in [0.2, 0.25) is 5.91 Å². The van der Waals surface area contributed by atoms with E-state index in [9.17, 15) is 14.0 Å². The van der Waals surface area contributed by atoms with Crippen molar-refractivity contribution in [3.05, 3.63) is 29.8 Å². The number of alkyl halides is 1. The zero-order valence-corrected chi connectivity index (χ0v) is 15.9. The number of nitrogens with zero attached hydrogens (tertiary/aromatic N) is 2. The Morgan fingerprint density at radius 1 is 1.11 bits per heavy atom. The molecule has 0 radical (unpaired) electrons. The van der Waals surface area contributed by atoms with Gasteiger partial charge in [0.25, 0.3) is 5.91 Å². The molecule has 4 rings (SSSR count). The maximum atomic E-state index is 14.6. The monoisotopic (exact) mass is 374 g/mol. The topological polar surface area (TPSA) is 49.9 Å². The normalized spacial score (nSPS) is 27.0. The predicted molar refractivity (Wildman–Crippen MR) is 99.0 cm³/mol. The van der Waals surface area contributed by atoms with E-state index in [4.69, 9.17) is 4.74 Å². The standard InChI is InChI=1S/C21H27FN2O3/c1-27-17-6-4-16(5-7-17)14-23-13-11-20(18(23)25)8-3-12-24(15-20)19(26)21(22)9-2-10-21/h4-7H,2-3,8-15H2,1H3. The molecule has 0 bridgehead atoms. The van der Waals surface area contributed by atoms with Crippen LogP contribution in [0.15, 0.2) is 24.3 Å². The van der Waals surface area contributed by atoms with E-state index in [-0.39, 0.29) is 5.91 Å². The molecule has 3 fully saturated rings. The summed E-state index contributed by atoms with van der Waals surface area (Å²) in [6.45, 7) is 2.19. The maximum Gasteiger partial charge on any atom is 0.260 e. The Bertz CT molecular complexity index is 731. The van der Waals surface area contributed by atoms with Gasteiger partial charge in [0.05, 0.1) is 12.5 Å². The predicted octanol–water partition coefficient (Wildman–Crippen LogP) is 2.93. The fourth-order valence-electron chi connectivity index (χ4n) is 4.66. The second-order valence-electron chi connectivity index (χ2n) is 8.25. The van der Waals surface area contributed by atoms with Crippen LogP contribution in [0.5, 0.6) is 5.75 Å². The molecule has 1 aromatic rings. The van der Waals surface area contributed by atoms with Crippen molar-refractivity contribution in [2.24, 2.45) is 5.41 Å². The number of amides is 2. The van der Waals surface area contributed by atoms with E-state index in [0.717, 1.165) is 37.0 Å². The summed E-state index contributed by atoms with van der Waals surface area (Å²) in [4.78, 5) is 29.3. The van der Waals surface area contributed by atoms with Crippen LogP contribution in [0.2, 0.25) is 0 Å². The van der Waals surface area contributed by atoms with E-state index in [1.165, 1.54) is 0 Å². The summed E-state index contributed by atoms with van der Waals surface area (Å²) in [6, 6.07) is 7.73. The van der Waals surface area contributed by atoms with Crippen LogP contribution in [-0.4, -0.2) is 54.0 Å². The Kier molecular flexibility index (Phi) is 4.60. The number of likely N-dealkylation sites (tertiary alicyclic amines) is 2. The van der Waals surface area contributed by atoms with Crippen LogP contribution in [0.3, 0.4) is 0 Å². The van der Waals surface area contributed by atoms with Crippen LogP contribution in [0, 0.1) is 5.41 Å². The van der Waals surface area contributed by atoms with Crippen LogP contribution in [-0.2, 0) is 16.1 Å². The number of benzene rings is 1. The van der Waals surface area contributed by atoms with Crippen molar-refractivity contribution >= 4 is 11.8 Å². The molecule has 1 aromatic carbocycles. The summed E-state index contributed by atoms with van der Waals surface area (Å²) >= 11 is 0. The van der Waals surface area contributed by atoms with E-state index in [0.29, 0.717) is 39.0 Å². The van der Waals surface area contributed by atoms with Gasteiger partial charge >= 0.3 is 0 Å². The number of hydrogen-bond acceptors (Lipinski definition) is 3. The third-order valence-electron chi connectivity index (χ3n) is 6.53. The van der Waals surface area contributed by atoms with Crippen LogP contribution in [0.25, 0.3) is 0 Å². The third-order valence-corrected chi connectivity index (χ3v) is 6.53. The third kappa shape index (κ3) is 3.19. The van der Waals surface area contributed by atoms with Gasteiger partial charge in [0, 0.05) is 26.2 Å². The van der Waals surface area contributed by atoms with Gasteiger partial charge < -0.3 is 14.5 Å². The lowest BCUT2D eigenvalue weighted by Gasteiger charge is -2.43. The van der Waals surface area contributed by atoms with Crippen LogP contribution >= 0.6 is 0 Å². The van der Waals surface area contributed by atoms with Crippen LogP contribution in [0.1, 0.15) is 44.1 Å². The Hall–Kier alpha value is -2.11. The van der Waals surface area contributed by atoms with Crippen molar-refractivity contribution in [1.29, 1.82) is 0 Å². The summed E-state index contributed by atoms with van der Waals surface area (Å²) in [7, 11) is 1.63. The van der Waals surface area contributed by atoms with Crippen molar-refractivity contribution < 1.29 is 18.7 Å². The lowest BCUT2D eigenvalue weighted by Crippen LogP contribution is -2.56. The summed E-state index contributed by atoms with van der Waals surface area (Å²) in [5.74, 6) is 0.507. The van der Waals surface area contributed by atoms with Crippen molar-refractivity contribution in [1.82, 2.24) is 9.80 Å². The van der Waals surface area contributed by atoms with E-state index < -0.39 is 17.0 Å². The number of halogens is 1. The van der Waals surface area contributed by atoms with Gasteiger partial charge in [-0.3, -0.25) is 9.59 Å². The summed E-state index contributed by atoms with van der Waals surface area (Å²) in [5.41, 5.74) is -1.15. The van der Waals surface area contributed by atoms with E-state index >= 15 is 0 Å². The molecule has 2 heterocycles. The molecular weight excluding hydrogens is 347 g/mol. The zero-order valence-electron chi connectivity index (χ0n) is 15.9. The molecule has 1 aliphatic carbocycles. The van der Waals surface area contributed by atoms with Gasteiger partial charge in [-0.05, 0) is 56.2 Å². The minimum absolute atomic E-state index is 0.109. The highest BCUT2D eigenvalue weighted by atomic mass is 19.1. The Morgan fingerprint density at radius 2 is 1.85 bits per heavy atom. The van der Waals surface area contributed by atoms with Crippen molar-refractivity contribution in [2.75, 3.05) is 26.7 Å². The minimum atomic E-state index is -1.68. The van der Waals surface area contributed by atoms with Gasteiger partial charge in [-0.1, -0.05) is 12.1 Å². The molecule has 27 heavy (non-hydrogen) atoms. The molecule has 2 amide bonds. The molecule has 0 aromatic heterocycles. The first-order chi connectivity index (χ1) is 13.0. The largest absolute Gasteiger partial charge is 0.497 e. The average Bonchev–Trinajstić information content (AvgIpc) is 2.95. The number of rotatable bonds is 4. The van der Waals surface area contributed by atoms with E-state index in [2.05, 4.69) is 0 Å². The molecule has 1 spiro atoms. The molecule has 3 aliphatic rings. The second-order valence-corrected chi connectivity index (χ2v) is 8.25. The molecule has 1 saturated carbocycles. The lowest BCUT2D eigenvalue weighted by atomic mass is 9.76. The molecule has 2 aliphatic heterocycles. The van der Waals surface area contributed by atoms with Crippen molar-refractivity contribution in [3.63, 3.8) is 0 Å². The molecular formula is C21H27FN2O3. The van der Waals surface area contributed by atoms with E-state index in [1.54, 1.807) is 12.0 Å². The molecule has 146 valence electrons. The Morgan fingerprint density at radius 3 is 2.48 bits per heavy atom. The fraction of sp³-hybridized carbons (Fsp3) is 0.619. The summed E-state index contributed by atoms with van der Waals surface area (Å²) in [6.07, 6.45) is 3.72. The zero-order chi connectivity index (χ0) is 19.1. The lowest BCUT2D eigenvalue weighted by molar-refractivity contribution is -0.156. The highest BCUT2D eigenvalue weighted by Gasteiger charge is 2.53. The van der Waals surface area contributed by atoms with Crippen LogP contribution in [0.4, 0.5) is 4.39 Å². The van der Waals surface area contributed by atoms with Gasteiger partial charge in [0.1, 0.15) is 5.75 Å². The molecule has 2 saturated heterocycles. The van der Waals surface area contributed by atoms with Crippen molar-refractivity contribution in [2.45, 2.75) is 50.7 Å². The average molecular weight is 374 g/mol. The molecule has 5 nitrogen and oxygen atoms in total. The van der Waals surface area contributed by atoms with E-state index in [1.807, 2.05) is 29.2 Å². The highest BCUT2D eigenvalue weighted by molar-refractivity contribution is 5.89. The number of ether oxygens (including phenoxy) is 1. The first kappa shape index (κ1) is 18.3. The summed E-state index contributed by atoms with van der Waals surface area (Å²) in [5, 5.41) is 0. The van der Waals surface area contributed by atoms with Gasteiger partial charge in [-0.15, -0.1) is 0 Å². The van der Waals surface area contributed by atoms with Gasteiger partial charge in [-0.25, -0.2) is 4.39 Å². The first-order valence-corrected chi connectivity index (χ1v) is 9.86. The highest BCUT2D eigenvalue weighted by Crippen LogP contribution is 2.43. The summed E-state index contributed by atoms with van der Waals surface area (Å²) < 4.78 is 19.8. The quantitative estimate of drug-likeness (QED) is 0.814. The maximum absolute atomic E-state index is 14.6. The first-order valence-electron chi connectivity index (χ1n) is 9.86. The molecule has 6 heteroatoms. The fourth-order valence-corrected chi connectivity index (χ4v) is 4.66. The van der Waals surface area contributed by atoms with Gasteiger partial charge in [0.15, 0.2) is 5.67 Å². The SMILES string of the molecule is COc1ccc(CN2CCC3(CCCN(C(=O)C4(F)CCC4)C3)C2=O)cc1. The molecule has 1 unspecified atom stereocenters. The number of carbonyl (C=O) groups is 2. The van der Waals surface area contributed by atoms with Crippen molar-refractivity contribution in [3.8, 4) is 5.75 Å². The number of methoxy groups -OCH3 is 1.